The van der Waals surface area contributed by atoms with Gasteiger partial charge in [0.05, 0.1) is 5.39 Å². The number of benzene rings is 1. The molecule has 42 heavy (non-hydrogen) atoms. The van der Waals surface area contributed by atoms with Crippen LogP contribution in [0.5, 0.6) is 11.5 Å². The molecule has 0 spiro atoms. The van der Waals surface area contributed by atoms with E-state index in [2.05, 4.69) is 26.3 Å². The zero-order valence-electron chi connectivity index (χ0n) is 24.1. The van der Waals surface area contributed by atoms with Gasteiger partial charge in [0.25, 0.3) is 0 Å². The maximum Gasteiger partial charge on any atom is 0.410 e. The molecule has 0 bridgehead atoms. The fourth-order valence-corrected chi connectivity index (χ4v) is 5.40. The smallest absolute Gasteiger partial charge is 0.410 e. The van der Waals surface area contributed by atoms with Crippen LogP contribution in [-0.2, 0) is 27.2 Å². The molecule has 0 saturated carbocycles. The molecule has 10 heteroatoms. The van der Waals surface area contributed by atoms with Crippen LogP contribution in [0.2, 0.25) is 0 Å². The van der Waals surface area contributed by atoms with Gasteiger partial charge in [0.2, 0.25) is 5.91 Å². The number of hydrogen-bond acceptors (Lipinski definition) is 7. The first-order chi connectivity index (χ1) is 20.2. The number of carbonyl (C=O) groups excluding carboxylic acids is 2. The summed E-state index contributed by atoms with van der Waals surface area (Å²) in [5.74, 6) is 1.69. The minimum atomic E-state index is -0.546. The standard InChI is InChI=1S/C32H35N5O5/c1-32(2,3)42-31(39)37-13-8-20-4-5-24(16-23(20)19-37)41-26-7-12-34-29-28(26)25(18-35-29)22-6-11-33-27(17-22)36-30(38)21-9-14-40-15-10-21/h4-7,11-12,16-18,21H,8-10,13-15,19H2,1-3H3,(H,34,35)(H,33,36,38). The molecule has 1 aromatic carbocycles. The van der Waals surface area contributed by atoms with Crippen LogP contribution in [0, 0.1) is 5.92 Å². The lowest BCUT2D eigenvalue weighted by Crippen LogP contribution is -2.39. The van der Waals surface area contributed by atoms with E-state index in [0.29, 0.717) is 62.1 Å². The van der Waals surface area contributed by atoms with Gasteiger partial charge in [-0.1, -0.05) is 6.07 Å². The fourth-order valence-electron chi connectivity index (χ4n) is 5.40. The highest BCUT2D eigenvalue weighted by Gasteiger charge is 2.26. The van der Waals surface area contributed by atoms with E-state index in [1.54, 1.807) is 17.3 Å². The van der Waals surface area contributed by atoms with E-state index in [-0.39, 0.29) is 17.9 Å². The second-order valence-electron chi connectivity index (χ2n) is 11.7. The fraction of sp³-hybridized carbons (Fsp3) is 0.375. The first-order valence-electron chi connectivity index (χ1n) is 14.3. The number of rotatable bonds is 5. The maximum atomic E-state index is 12.8. The Hall–Kier alpha value is -4.44. The van der Waals surface area contributed by atoms with Crippen molar-refractivity contribution in [3.63, 3.8) is 0 Å². The van der Waals surface area contributed by atoms with Crippen molar-refractivity contribution in [3.05, 3.63) is 66.1 Å². The van der Waals surface area contributed by atoms with Crippen molar-refractivity contribution in [1.29, 1.82) is 0 Å². The van der Waals surface area contributed by atoms with Gasteiger partial charge in [-0.05, 0) is 87.1 Å². The molecule has 2 N–H and O–H groups in total. The lowest BCUT2D eigenvalue weighted by atomic mass is 9.99. The Kier molecular flexibility index (Phi) is 7.55. The lowest BCUT2D eigenvalue weighted by Gasteiger charge is -2.31. The van der Waals surface area contributed by atoms with Crippen molar-refractivity contribution in [2.45, 2.75) is 52.2 Å². The number of fused-ring (bicyclic) bond motifs is 2. The zero-order valence-corrected chi connectivity index (χ0v) is 24.1. The topological polar surface area (TPSA) is 119 Å². The summed E-state index contributed by atoms with van der Waals surface area (Å²) in [5, 5.41) is 3.79. The molecule has 0 radical (unpaired) electrons. The predicted molar refractivity (Wildman–Crippen MR) is 158 cm³/mol. The Balaban J connectivity index is 1.24. The van der Waals surface area contributed by atoms with E-state index in [9.17, 15) is 9.59 Å². The molecule has 10 nitrogen and oxygen atoms in total. The van der Waals surface area contributed by atoms with E-state index in [1.807, 2.05) is 57.3 Å². The molecule has 6 rings (SSSR count). The number of aromatic amines is 1. The van der Waals surface area contributed by atoms with Crippen LogP contribution in [-0.4, -0.2) is 57.2 Å². The van der Waals surface area contributed by atoms with Crippen molar-refractivity contribution >= 4 is 28.9 Å². The summed E-state index contributed by atoms with van der Waals surface area (Å²) >= 11 is 0. The van der Waals surface area contributed by atoms with Crippen LogP contribution in [0.3, 0.4) is 0 Å². The van der Waals surface area contributed by atoms with Gasteiger partial charge in [0, 0.05) is 56.4 Å². The van der Waals surface area contributed by atoms with Gasteiger partial charge in [-0.2, -0.15) is 0 Å². The van der Waals surface area contributed by atoms with Crippen LogP contribution in [0.25, 0.3) is 22.2 Å². The van der Waals surface area contributed by atoms with Gasteiger partial charge in [-0.3, -0.25) is 4.79 Å². The van der Waals surface area contributed by atoms with Gasteiger partial charge in [-0.15, -0.1) is 0 Å². The summed E-state index contributed by atoms with van der Waals surface area (Å²) in [7, 11) is 0. The number of hydrogen-bond donors (Lipinski definition) is 2. The number of carbonyl (C=O) groups is 2. The highest BCUT2D eigenvalue weighted by atomic mass is 16.6. The van der Waals surface area contributed by atoms with Gasteiger partial charge in [0.15, 0.2) is 0 Å². The summed E-state index contributed by atoms with van der Waals surface area (Å²) < 4.78 is 17.4. The van der Waals surface area contributed by atoms with Crippen LogP contribution in [0.4, 0.5) is 10.6 Å². The van der Waals surface area contributed by atoms with E-state index in [1.165, 1.54) is 5.56 Å². The van der Waals surface area contributed by atoms with Gasteiger partial charge in [-0.25, -0.2) is 14.8 Å². The third-order valence-corrected chi connectivity index (χ3v) is 7.52. The third-order valence-electron chi connectivity index (χ3n) is 7.52. The molecule has 5 heterocycles. The largest absolute Gasteiger partial charge is 0.457 e. The number of nitrogens with one attached hydrogen (secondary N) is 2. The SMILES string of the molecule is CC(C)(C)OC(=O)N1CCc2ccc(Oc3ccnc4[nH]cc(-c5ccnc(NC(=O)C6CCOCC6)c5)c34)cc2C1. The van der Waals surface area contributed by atoms with Crippen molar-refractivity contribution in [1.82, 2.24) is 19.9 Å². The van der Waals surface area contributed by atoms with Crippen molar-refractivity contribution in [2.24, 2.45) is 5.92 Å². The average Bonchev–Trinajstić information content (AvgIpc) is 3.42. The van der Waals surface area contributed by atoms with Crippen LogP contribution in [0.1, 0.15) is 44.7 Å². The Morgan fingerprint density at radius 2 is 1.86 bits per heavy atom. The Labute approximate surface area is 244 Å². The summed E-state index contributed by atoms with van der Waals surface area (Å²) in [6.07, 6.45) is 7.13. The number of ether oxygens (including phenoxy) is 3. The average molecular weight is 570 g/mol. The molecule has 218 valence electrons. The van der Waals surface area contributed by atoms with E-state index in [0.717, 1.165) is 28.5 Å². The monoisotopic (exact) mass is 569 g/mol. The third kappa shape index (κ3) is 6.08. The van der Waals surface area contributed by atoms with Crippen molar-refractivity contribution < 1.29 is 23.8 Å². The quantitative estimate of drug-likeness (QED) is 0.299. The van der Waals surface area contributed by atoms with Gasteiger partial charge < -0.3 is 29.4 Å². The molecule has 0 atom stereocenters. The highest BCUT2D eigenvalue weighted by molar-refractivity contribution is 5.99. The van der Waals surface area contributed by atoms with E-state index < -0.39 is 5.60 Å². The number of nitrogens with zero attached hydrogens (tertiary/aromatic N) is 3. The van der Waals surface area contributed by atoms with Crippen LogP contribution in [0.15, 0.2) is 55.0 Å². The van der Waals surface area contributed by atoms with Gasteiger partial charge >= 0.3 is 6.09 Å². The maximum absolute atomic E-state index is 12.8. The molecule has 0 unspecified atom stereocenters. The van der Waals surface area contributed by atoms with Gasteiger partial charge in [0.1, 0.15) is 28.6 Å². The van der Waals surface area contributed by atoms with Crippen molar-refractivity contribution in [2.75, 3.05) is 25.1 Å². The van der Waals surface area contributed by atoms with E-state index in [4.69, 9.17) is 14.2 Å². The summed E-state index contributed by atoms with van der Waals surface area (Å²) in [6, 6.07) is 11.6. The Morgan fingerprint density at radius 1 is 1.05 bits per heavy atom. The highest BCUT2D eigenvalue weighted by Crippen LogP contribution is 2.38. The summed E-state index contributed by atoms with van der Waals surface area (Å²) in [5.41, 5.74) is 4.11. The molecule has 4 aromatic rings. The number of amides is 2. The molecular weight excluding hydrogens is 534 g/mol. The molecule has 0 aliphatic carbocycles. The zero-order chi connectivity index (χ0) is 29.3. The van der Waals surface area contributed by atoms with Crippen molar-refractivity contribution in [3.8, 4) is 22.6 Å². The van der Waals surface area contributed by atoms with Crippen LogP contribution < -0.4 is 10.1 Å². The summed E-state index contributed by atoms with van der Waals surface area (Å²) in [4.78, 5) is 39.3. The number of pyridine rings is 2. The summed E-state index contributed by atoms with van der Waals surface area (Å²) in [6.45, 7) is 7.89. The normalized spacial score (nSPS) is 15.7. The number of H-pyrrole nitrogens is 1. The molecular formula is C32H35N5O5. The Morgan fingerprint density at radius 3 is 2.67 bits per heavy atom. The minimum Gasteiger partial charge on any atom is -0.457 e. The second kappa shape index (κ2) is 11.4. The lowest BCUT2D eigenvalue weighted by molar-refractivity contribution is -0.122. The first-order valence-corrected chi connectivity index (χ1v) is 14.3. The first kappa shape index (κ1) is 27.7. The number of aromatic nitrogens is 3. The molecule has 2 amide bonds. The number of anilines is 1. The molecule has 3 aromatic heterocycles. The molecule has 2 aliphatic rings. The minimum absolute atomic E-state index is 0.0368. The molecule has 1 saturated heterocycles. The Bertz CT molecular complexity index is 1620. The predicted octanol–water partition coefficient (Wildman–Crippen LogP) is 6.08. The van der Waals surface area contributed by atoms with Crippen LogP contribution >= 0.6 is 0 Å². The molecule has 1 fully saturated rings. The second-order valence-corrected chi connectivity index (χ2v) is 11.7. The van der Waals surface area contributed by atoms with E-state index >= 15 is 0 Å². The molecule has 2 aliphatic heterocycles.